The highest BCUT2D eigenvalue weighted by atomic mass is 79.9. The molecule has 1 aromatic carbocycles. The maximum absolute atomic E-state index is 5.89. The summed E-state index contributed by atoms with van der Waals surface area (Å²) < 4.78 is 6.79. The van der Waals surface area contributed by atoms with Crippen LogP contribution in [0.3, 0.4) is 0 Å². The van der Waals surface area contributed by atoms with Crippen LogP contribution in [0.4, 0.5) is 11.4 Å². The normalized spacial score (nSPS) is 10.7. The van der Waals surface area contributed by atoms with Gasteiger partial charge in [0.1, 0.15) is 5.75 Å². The molecule has 0 fully saturated rings. The molecule has 0 amide bonds. The van der Waals surface area contributed by atoms with Crippen LogP contribution in [-0.2, 0) is 6.54 Å². The van der Waals surface area contributed by atoms with Crippen molar-refractivity contribution in [1.29, 1.82) is 0 Å². The molecule has 3 N–H and O–H groups in total. The maximum Gasteiger partial charge on any atom is 0.144 e. The maximum atomic E-state index is 5.89. The van der Waals surface area contributed by atoms with Gasteiger partial charge in [-0.25, -0.2) is 0 Å². The van der Waals surface area contributed by atoms with Crippen molar-refractivity contribution in [3.05, 3.63) is 39.0 Å². The molecule has 0 aliphatic heterocycles. The van der Waals surface area contributed by atoms with Crippen molar-refractivity contribution in [2.75, 3.05) is 11.1 Å². The van der Waals surface area contributed by atoms with Gasteiger partial charge in [-0.2, -0.15) is 0 Å². The molecule has 0 radical (unpaired) electrons. The number of ether oxygens (including phenoxy) is 1. The van der Waals surface area contributed by atoms with Crippen molar-refractivity contribution in [2.24, 2.45) is 0 Å². The van der Waals surface area contributed by atoms with Gasteiger partial charge in [0.25, 0.3) is 0 Å². The first kappa shape index (κ1) is 14.2. The van der Waals surface area contributed by atoms with Crippen LogP contribution in [0.5, 0.6) is 5.75 Å². The summed E-state index contributed by atoms with van der Waals surface area (Å²) in [6.07, 6.45) is 0.116. The molecule has 0 aliphatic carbocycles. The lowest BCUT2D eigenvalue weighted by Gasteiger charge is -2.14. The van der Waals surface area contributed by atoms with E-state index in [1.807, 2.05) is 32.0 Å². The van der Waals surface area contributed by atoms with E-state index < -0.39 is 0 Å². The number of rotatable bonds is 5. The SMILES string of the molecule is CC(C)Oc1cc(NCc2cc(Br)cs2)ccc1N. The van der Waals surface area contributed by atoms with Crippen LogP contribution in [0.2, 0.25) is 0 Å². The molecule has 3 nitrogen and oxygen atoms in total. The van der Waals surface area contributed by atoms with Crippen molar-refractivity contribution < 1.29 is 4.74 Å². The van der Waals surface area contributed by atoms with Crippen LogP contribution in [0.25, 0.3) is 0 Å². The lowest BCUT2D eigenvalue weighted by molar-refractivity contribution is 0.244. The number of anilines is 2. The van der Waals surface area contributed by atoms with E-state index in [1.165, 1.54) is 4.88 Å². The van der Waals surface area contributed by atoms with Crippen LogP contribution < -0.4 is 15.8 Å². The van der Waals surface area contributed by atoms with E-state index in [0.717, 1.165) is 22.5 Å². The van der Waals surface area contributed by atoms with Crippen LogP contribution in [0, 0.1) is 0 Å². The van der Waals surface area contributed by atoms with Gasteiger partial charge < -0.3 is 15.8 Å². The molecular weight excluding hydrogens is 324 g/mol. The molecule has 0 unspecified atom stereocenters. The molecule has 0 spiro atoms. The Kier molecular flexibility index (Phi) is 4.71. The summed E-state index contributed by atoms with van der Waals surface area (Å²) in [5.74, 6) is 0.729. The summed E-state index contributed by atoms with van der Waals surface area (Å²) in [4.78, 5) is 1.27. The molecule has 0 aliphatic rings. The van der Waals surface area contributed by atoms with E-state index in [1.54, 1.807) is 11.3 Å². The van der Waals surface area contributed by atoms with E-state index in [2.05, 4.69) is 32.7 Å². The van der Waals surface area contributed by atoms with Crippen LogP contribution in [0.1, 0.15) is 18.7 Å². The van der Waals surface area contributed by atoms with E-state index in [9.17, 15) is 0 Å². The Morgan fingerprint density at radius 1 is 1.37 bits per heavy atom. The van der Waals surface area contributed by atoms with Gasteiger partial charge in [0.15, 0.2) is 0 Å². The van der Waals surface area contributed by atoms with Gasteiger partial charge in [-0.3, -0.25) is 0 Å². The molecule has 2 rings (SSSR count). The summed E-state index contributed by atoms with van der Waals surface area (Å²) in [7, 11) is 0. The Balaban J connectivity index is 2.04. The van der Waals surface area contributed by atoms with E-state index >= 15 is 0 Å². The standard InChI is InChI=1S/C14H17BrN2OS/c1-9(2)18-14-6-11(3-4-13(14)16)17-7-12-5-10(15)8-19-12/h3-6,8-9,17H,7,16H2,1-2H3. The lowest BCUT2D eigenvalue weighted by Crippen LogP contribution is -2.08. The zero-order chi connectivity index (χ0) is 13.8. The number of hydrogen-bond acceptors (Lipinski definition) is 4. The van der Waals surface area contributed by atoms with Gasteiger partial charge in [-0.05, 0) is 48.0 Å². The zero-order valence-electron chi connectivity index (χ0n) is 10.9. The highest BCUT2D eigenvalue weighted by Crippen LogP contribution is 2.27. The van der Waals surface area contributed by atoms with Crippen LogP contribution in [0.15, 0.2) is 34.1 Å². The molecule has 0 bridgehead atoms. The van der Waals surface area contributed by atoms with E-state index in [-0.39, 0.29) is 6.10 Å². The van der Waals surface area contributed by atoms with E-state index in [4.69, 9.17) is 10.5 Å². The Hall–Kier alpha value is -1.20. The average molecular weight is 341 g/mol. The fourth-order valence-corrected chi connectivity index (χ4v) is 3.03. The van der Waals surface area contributed by atoms with Crippen molar-refractivity contribution in [1.82, 2.24) is 0 Å². The highest BCUT2D eigenvalue weighted by molar-refractivity contribution is 9.10. The Bertz CT molecular complexity index is 554. The number of nitrogens with one attached hydrogen (secondary N) is 1. The summed E-state index contributed by atoms with van der Waals surface area (Å²) in [5, 5.41) is 5.45. The number of hydrogen-bond donors (Lipinski definition) is 2. The molecule has 19 heavy (non-hydrogen) atoms. The summed E-state index contributed by atoms with van der Waals surface area (Å²) in [5.41, 5.74) is 7.57. The van der Waals surface area contributed by atoms with Crippen molar-refractivity contribution >= 4 is 38.6 Å². The molecule has 0 saturated carbocycles. The number of nitrogen functional groups attached to an aromatic ring is 1. The van der Waals surface area contributed by atoms with Crippen LogP contribution in [-0.4, -0.2) is 6.10 Å². The van der Waals surface area contributed by atoms with Gasteiger partial charge in [-0.15, -0.1) is 11.3 Å². The molecular formula is C14H17BrN2OS. The monoisotopic (exact) mass is 340 g/mol. The fourth-order valence-electron chi connectivity index (χ4n) is 1.64. The first-order chi connectivity index (χ1) is 9.04. The Labute approximate surface area is 125 Å². The topological polar surface area (TPSA) is 47.3 Å². The summed E-state index contributed by atoms with van der Waals surface area (Å²) in [6.45, 7) is 4.77. The molecule has 2 aromatic rings. The van der Waals surface area contributed by atoms with Gasteiger partial charge >= 0.3 is 0 Å². The number of nitrogens with two attached hydrogens (primary N) is 1. The zero-order valence-corrected chi connectivity index (χ0v) is 13.3. The third-order valence-electron chi connectivity index (χ3n) is 2.46. The van der Waals surface area contributed by atoms with Gasteiger partial charge in [0, 0.05) is 33.0 Å². The molecule has 1 aromatic heterocycles. The second-order valence-corrected chi connectivity index (χ2v) is 6.42. The van der Waals surface area contributed by atoms with Crippen molar-refractivity contribution in [3.63, 3.8) is 0 Å². The molecule has 0 saturated heterocycles. The number of benzene rings is 1. The minimum Gasteiger partial charge on any atom is -0.489 e. The summed E-state index contributed by atoms with van der Waals surface area (Å²) >= 11 is 5.17. The quantitative estimate of drug-likeness (QED) is 0.788. The lowest BCUT2D eigenvalue weighted by atomic mass is 10.2. The third kappa shape index (κ3) is 4.14. The van der Waals surface area contributed by atoms with Crippen molar-refractivity contribution in [3.8, 4) is 5.75 Å². The second-order valence-electron chi connectivity index (χ2n) is 4.50. The molecule has 5 heteroatoms. The predicted octanol–water partition coefficient (Wildman–Crippen LogP) is 4.49. The van der Waals surface area contributed by atoms with Gasteiger partial charge in [0.2, 0.25) is 0 Å². The van der Waals surface area contributed by atoms with Gasteiger partial charge in [-0.1, -0.05) is 0 Å². The first-order valence-corrected chi connectivity index (χ1v) is 7.75. The van der Waals surface area contributed by atoms with Gasteiger partial charge in [0.05, 0.1) is 11.8 Å². The highest BCUT2D eigenvalue weighted by Gasteiger charge is 2.05. The Morgan fingerprint density at radius 2 is 2.16 bits per heavy atom. The minimum atomic E-state index is 0.116. The number of thiophene rings is 1. The first-order valence-electron chi connectivity index (χ1n) is 6.07. The van der Waals surface area contributed by atoms with Crippen molar-refractivity contribution in [2.45, 2.75) is 26.5 Å². The smallest absolute Gasteiger partial charge is 0.144 e. The minimum absolute atomic E-state index is 0.116. The fraction of sp³-hybridized carbons (Fsp3) is 0.286. The second kappa shape index (κ2) is 6.30. The number of halogens is 1. The van der Waals surface area contributed by atoms with Crippen LogP contribution >= 0.6 is 27.3 Å². The molecule has 0 atom stereocenters. The average Bonchev–Trinajstić information content (AvgIpc) is 2.75. The van der Waals surface area contributed by atoms with E-state index in [0.29, 0.717) is 5.69 Å². The Morgan fingerprint density at radius 3 is 2.79 bits per heavy atom. The third-order valence-corrected chi connectivity index (χ3v) is 4.16. The largest absolute Gasteiger partial charge is 0.489 e. The summed E-state index contributed by atoms with van der Waals surface area (Å²) in [6, 6.07) is 7.88. The molecule has 102 valence electrons. The predicted molar refractivity (Wildman–Crippen MR) is 86.0 cm³/mol. The molecule has 1 heterocycles.